The predicted molar refractivity (Wildman–Crippen MR) is 72.3 cm³/mol. The molecule has 1 aromatic heterocycles. The second-order valence-corrected chi connectivity index (χ2v) is 6.08. The molecule has 1 aromatic rings. The quantitative estimate of drug-likeness (QED) is 0.683. The molecule has 0 aliphatic heterocycles. The minimum atomic E-state index is -0.470. The van der Waals surface area contributed by atoms with Gasteiger partial charge in [-0.3, -0.25) is 5.10 Å². The van der Waals surface area contributed by atoms with Crippen molar-refractivity contribution in [1.82, 2.24) is 15.2 Å². The van der Waals surface area contributed by atoms with Gasteiger partial charge in [0.15, 0.2) is 5.16 Å². The molecule has 5 nitrogen and oxygen atoms in total. The van der Waals surface area contributed by atoms with E-state index in [4.69, 9.17) is 5.73 Å². The summed E-state index contributed by atoms with van der Waals surface area (Å²) in [7, 11) is 0. The fraction of sp³-hybridized carbons (Fsp3) is 0.833. The Hall–Kier alpha value is -0.590. The highest BCUT2D eigenvalue weighted by molar-refractivity contribution is 7.99. The molecular weight excluding hydrogens is 248 g/mol. The molecule has 1 aliphatic carbocycles. The van der Waals surface area contributed by atoms with E-state index >= 15 is 0 Å². The van der Waals surface area contributed by atoms with Gasteiger partial charge in [0.2, 0.25) is 0 Å². The molecule has 6 heteroatoms. The maximum absolute atomic E-state index is 10.0. The lowest BCUT2D eigenvalue weighted by Crippen LogP contribution is -2.38. The molecule has 0 bridgehead atoms. The van der Waals surface area contributed by atoms with E-state index < -0.39 is 6.10 Å². The Morgan fingerprint density at radius 3 is 2.89 bits per heavy atom. The van der Waals surface area contributed by atoms with Crippen molar-refractivity contribution in [2.45, 2.75) is 55.8 Å². The van der Waals surface area contributed by atoms with Crippen LogP contribution < -0.4 is 5.73 Å². The molecule has 1 heterocycles. The van der Waals surface area contributed by atoms with Gasteiger partial charge in [-0.05, 0) is 12.3 Å². The number of aromatic nitrogens is 3. The normalized spacial score (nSPS) is 20.8. The van der Waals surface area contributed by atoms with Crippen LogP contribution in [0.25, 0.3) is 0 Å². The first kappa shape index (κ1) is 13.8. The number of rotatable bonds is 6. The van der Waals surface area contributed by atoms with Crippen molar-refractivity contribution in [2.24, 2.45) is 11.7 Å². The molecule has 0 spiro atoms. The summed E-state index contributed by atoms with van der Waals surface area (Å²) < 4.78 is 0. The zero-order chi connectivity index (χ0) is 12.8. The summed E-state index contributed by atoms with van der Waals surface area (Å²) >= 11 is 1.47. The van der Waals surface area contributed by atoms with Crippen LogP contribution in [0.3, 0.4) is 0 Å². The fourth-order valence-corrected chi connectivity index (χ4v) is 3.33. The first-order valence-corrected chi connectivity index (χ1v) is 7.66. The Balaban J connectivity index is 1.68. The zero-order valence-electron chi connectivity index (χ0n) is 10.6. The zero-order valence-corrected chi connectivity index (χ0v) is 11.4. The van der Waals surface area contributed by atoms with Gasteiger partial charge in [-0.2, -0.15) is 5.10 Å². The van der Waals surface area contributed by atoms with Crippen molar-refractivity contribution >= 4 is 11.8 Å². The predicted octanol–water partition coefficient (Wildman–Crippen LogP) is 1.56. The van der Waals surface area contributed by atoms with Gasteiger partial charge in [-0.1, -0.05) is 43.9 Å². The van der Waals surface area contributed by atoms with E-state index in [0.29, 0.717) is 11.7 Å². The molecule has 18 heavy (non-hydrogen) atoms. The molecule has 4 N–H and O–H groups in total. The smallest absolute Gasteiger partial charge is 0.183 e. The molecule has 0 radical (unpaired) electrons. The monoisotopic (exact) mass is 270 g/mol. The second-order valence-electron chi connectivity index (χ2n) is 5.07. The molecular formula is C12H22N4OS. The number of H-pyrrole nitrogens is 1. The summed E-state index contributed by atoms with van der Waals surface area (Å²) in [6, 6.07) is -0.122. The molecule has 1 saturated carbocycles. The fourth-order valence-electron chi connectivity index (χ4n) is 2.52. The van der Waals surface area contributed by atoms with E-state index in [-0.39, 0.29) is 6.04 Å². The molecule has 2 rings (SSSR count). The van der Waals surface area contributed by atoms with Crippen molar-refractivity contribution in [3.63, 3.8) is 0 Å². The van der Waals surface area contributed by atoms with Gasteiger partial charge in [0.05, 0.1) is 6.10 Å². The lowest BCUT2D eigenvalue weighted by molar-refractivity contribution is 0.147. The van der Waals surface area contributed by atoms with Crippen LogP contribution in [0.5, 0.6) is 0 Å². The highest BCUT2D eigenvalue weighted by Gasteiger charge is 2.21. The minimum absolute atomic E-state index is 0.122. The summed E-state index contributed by atoms with van der Waals surface area (Å²) in [6.07, 6.45) is 8.48. The van der Waals surface area contributed by atoms with Crippen molar-refractivity contribution in [1.29, 1.82) is 0 Å². The van der Waals surface area contributed by atoms with E-state index in [2.05, 4.69) is 15.2 Å². The van der Waals surface area contributed by atoms with Gasteiger partial charge in [-0.25, -0.2) is 4.98 Å². The number of aromatic amines is 1. The molecule has 102 valence electrons. The van der Waals surface area contributed by atoms with Gasteiger partial charge >= 0.3 is 0 Å². The number of nitrogens with two attached hydrogens (primary N) is 1. The molecule has 1 aliphatic rings. The summed E-state index contributed by atoms with van der Waals surface area (Å²) in [6.45, 7) is 0. The maximum Gasteiger partial charge on any atom is 0.183 e. The summed E-state index contributed by atoms with van der Waals surface area (Å²) in [5, 5.41) is 17.3. The maximum atomic E-state index is 10.0. The van der Waals surface area contributed by atoms with Crippen molar-refractivity contribution in [3.05, 3.63) is 6.33 Å². The van der Waals surface area contributed by atoms with Crippen LogP contribution in [0.1, 0.15) is 38.5 Å². The average molecular weight is 270 g/mol. The summed E-state index contributed by atoms with van der Waals surface area (Å²) in [5.41, 5.74) is 6.08. The van der Waals surface area contributed by atoms with Crippen LogP contribution in [-0.4, -0.2) is 38.2 Å². The van der Waals surface area contributed by atoms with Crippen LogP contribution in [0, 0.1) is 5.92 Å². The number of aliphatic hydroxyl groups excluding tert-OH is 1. The SMILES string of the molecule is N[C@@H](CC1CCCCC1)[C@@H](O)CSc1ncn[nH]1. The summed E-state index contributed by atoms with van der Waals surface area (Å²) in [4.78, 5) is 4.01. The highest BCUT2D eigenvalue weighted by Crippen LogP contribution is 2.28. The molecule has 0 amide bonds. The molecule has 0 unspecified atom stereocenters. The highest BCUT2D eigenvalue weighted by atomic mass is 32.2. The van der Waals surface area contributed by atoms with Gasteiger partial charge in [-0.15, -0.1) is 0 Å². The standard InChI is InChI=1S/C12H22N4OS/c13-10(6-9-4-2-1-3-5-9)11(17)7-18-12-14-8-15-16-12/h8-11,17H,1-7,13H2,(H,14,15,16)/t10-,11-/m0/s1. The van der Waals surface area contributed by atoms with Gasteiger partial charge < -0.3 is 10.8 Å². The van der Waals surface area contributed by atoms with E-state index in [0.717, 1.165) is 11.6 Å². The van der Waals surface area contributed by atoms with Gasteiger partial charge in [0, 0.05) is 11.8 Å². The third kappa shape index (κ3) is 4.26. The summed E-state index contributed by atoms with van der Waals surface area (Å²) in [5.74, 6) is 1.28. The Morgan fingerprint density at radius 2 is 2.22 bits per heavy atom. The number of aliphatic hydroxyl groups is 1. The molecule has 2 atom stereocenters. The second kappa shape index (κ2) is 7.11. The van der Waals surface area contributed by atoms with E-state index in [1.54, 1.807) is 0 Å². The average Bonchev–Trinajstić information content (AvgIpc) is 2.90. The Bertz CT molecular complexity index is 327. The van der Waals surface area contributed by atoms with Crippen LogP contribution in [-0.2, 0) is 0 Å². The Morgan fingerprint density at radius 1 is 1.44 bits per heavy atom. The largest absolute Gasteiger partial charge is 0.391 e. The number of hydrogen-bond acceptors (Lipinski definition) is 5. The number of nitrogens with zero attached hydrogens (tertiary/aromatic N) is 2. The molecule has 1 fully saturated rings. The number of thioether (sulfide) groups is 1. The van der Waals surface area contributed by atoms with E-state index in [1.807, 2.05) is 0 Å². The molecule has 0 aromatic carbocycles. The van der Waals surface area contributed by atoms with Gasteiger partial charge in [0.1, 0.15) is 6.33 Å². The number of hydrogen-bond donors (Lipinski definition) is 3. The van der Waals surface area contributed by atoms with E-state index in [9.17, 15) is 5.11 Å². The van der Waals surface area contributed by atoms with Crippen LogP contribution in [0.2, 0.25) is 0 Å². The topological polar surface area (TPSA) is 87.8 Å². The number of nitrogens with one attached hydrogen (secondary N) is 1. The third-order valence-corrected chi connectivity index (χ3v) is 4.59. The lowest BCUT2D eigenvalue weighted by Gasteiger charge is -2.26. The van der Waals surface area contributed by atoms with Crippen LogP contribution in [0.4, 0.5) is 0 Å². The van der Waals surface area contributed by atoms with Crippen LogP contribution in [0.15, 0.2) is 11.5 Å². The van der Waals surface area contributed by atoms with E-state index in [1.165, 1.54) is 50.2 Å². The van der Waals surface area contributed by atoms with Gasteiger partial charge in [0.25, 0.3) is 0 Å². The van der Waals surface area contributed by atoms with Crippen molar-refractivity contribution in [3.8, 4) is 0 Å². The lowest BCUT2D eigenvalue weighted by atomic mass is 9.84. The van der Waals surface area contributed by atoms with Crippen molar-refractivity contribution < 1.29 is 5.11 Å². The first-order valence-electron chi connectivity index (χ1n) is 6.67. The van der Waals surface area contributed by atoms with Crippen molar-refractivity contribution in [2.75, 3.05) is 5.75 Å². The van der Waals surface area contributed by atoms with Crippen LogP contribution >= 0.6 is 11.8 Å². The third-order valence-electron chi connectivity index (χ3n) is 3.61. The Labute approximate surface area is 112 Å². The first-order chi connectivity index (χ1) is 8.75. The Kier molecular flexibility index (Phi) is 5.46. The minimum Gasteiger partial charge on any atom is -0.391 e. The molecule has 0 saturated heterocycles.